The first-order chi connectivity index (χ1) is 13.0. The van der Waals surface area contributed by atoms with Gasteiger partial charge in [-0.15, -0.1) is 0 Å². The molecule has 0 spiro atoms. The van der Waals surface area contributed by atoms with E-state index in [1.165, 1.54) is 19.2 Å². The summed E-state index contributed by atoms with van der Waals surface area (Å²) in [4.78, 5) is 11.9. The predicted octanol–water partition coefficient (Wildman–Crippen LogP) is 3.87. The number of hydrogen-bond donors (Lipinski definition) is 2. The average Bonchev–Trinajstić information content (AvgIpc) is 2.69. The molecule has 27 heavy (non-hydrogen) atoms. The van der Waals surface area contributed by atoms with Crippen LogP contribution in [0.1, 0.15) is 17.1 Å². The second kappa shape index (κ2) is 8.05. The van der Waals surface area contributed by atoms with Crippen LogP contribution in [0.15, 0.2) is 57.7 Å². The minimum atomic E-state index is -0.411. The molecule has 6 heteroatoms. The van der Waals surface area contributed by atoms with Crippen molar-refractivity contribution in [2.45, 2.75) is 20.1 Å². The fourth-order valence-electron chi connectivity index (χ4n) is 2.71. The third kappa shape index (κ3) is 4.17. The van der Waals surface area contributed by atoms with Crippen molar-refractivity contribution >= 4 is 5.69 Å². The third-order valence-electron chi connectivity index (χ3n) is 4.31. The monoisotopic (exact) mass is 369 g/mol. The molecular weight excluding hydrogens is 349 g/mol. The van der Waals surface area contributed by atoms with Crippen LogP contribution in [-0.2, 0) is 13.2 Å². The Morgan fingerprint density at radius 2 is 1.81 bits per heavy atom. The van der Waals surface area contributed by atoms with Crippen molar-refractivity contribution in [2.24, 2.45) is 0 Å². The van der Waals surface area contributed by atoms with Crippen molar-refractivity contribution < 1.29 is 18.7 Å². The first-order valence-corrected chi connectivity index (χ1v) is 8.43. The van der Waals surface area contributed by atoms with Crippen LogP contribution >= 0.6 is 0 Å². The molecule has 0 bridgehead atoms. The summed E-state index contributed by atoms with van der Waals surface area (Å²) in [7, 11) is 1.43. The average molecular weight is 369 g/mol. The number of aliphatic hydroxyl groups excluding tert-OH is 1. The molecule has 140 valence electrons. The van der Waals surface area contributed by atoms with E-state index < -0.39 is 5.82 Å². The zero-order valence-electron chi connectivity index (χ0n) is 15.1. The van der Waals surface area contributed by atoms with E-state index in [1.54, 1.807) is 19.1 Å². The molecule has 0 saturated carbocycles. The highest BCUT2D eigenvalue weighted by Crippen LogP contribution is 2.26. The van der Waals surface area contributed by atoms with E-state index in [0.29, 0.717) is 17.9 Å². The first-order valence-electron chi connectivity index (χ1n) is 8.43. The minimum absolute atomic E-state index is 0.168. The summed E-state index contributed by atoms with van der Waals surface area (Å²) in [5.74, 6) is 0.512. The highest BCUT2D eigenvalue weighted by molar-refractivity contribution is 5.66. The number of aliphatic hydroxyl groups is 1. The van der Waals surface area contributed by atoms with Gasteiger partial charge in [-0.05, 0) is 42.3 Å². The molecule has 0 atom stereocenters. The van der Waals surface area contributed by atoms with Crippen molar-refractivity contribution in [3.05, 3.63) is 81.7 Å². The number of benzene rings is 2. The van der Waals surface area contributed by atoms with Crippen LogP contribution in [0.25, 0.3) is 11.1 Å². The Morgan fingerprint density at radius 1 is 1.11 bits per heavy atom. The largest absolute Gasteiger partial charge is 0.494 e. The van der Waals surface area contributed by atoms with E-state index in [9.17, 15) is 9.18 Å². The lowest BCUT2D eigenvalue weighted by Gasteiger charge is -2.10. The topological polar surface area (TPSA) is 71.7 Å². The fourth-order valence-corrected chi connectivity index (χ4v) is 2.71. The third-order valence-corrected chi connectivity index (χ3v) is 4.31. The van der Waals surface area contributed by atoms with Gasteiger partial charge in [-0.2, -0.15) is 0 Å². The number of hydrogen-bond acceptors (Lipinski definition) is 5. The van der Waals surface area contributed by atoms with Crippen molar-refractivity contribution in [1.29, 1.82) is 0 Å². The van der Waals surface area contributed by atoms with Gasteiger partial charge < -0.3 is 19.6 Å². The van der Waals surface area contributed by atoms with Gasteiger partial charge in [-0.25, -0.2) is 4.39 Å². The lowest BCUT2D eigenvalue weighted by Crippen LogP contribution is -2.12. The Labute approximate surface area is 156 Å². The van der Waals surface area contributed by atoms with Gasteiger partial charge in [0.15, 0.2) is 17.0 Å². The van der Waals surface area contributed by atoms with Gasteiger partial charge in [0.2, 0.25) is 0 Å². The van der Waals surface area contributed by atoms with Crippen LogP contribution in [-0.4, -0.2) is 12.2 Å². The highest BCUT2D eigenvalue weighted by Gasteiger charge is 2.09. The van der Waals surface area contributed by atoms with Gasteiger partial charge in [0.1, 0.15) is 18.1 Å². The van der Waals surface area contributed by atoms with E-state index in [4.69, 9.17) is 14.3 Å². The Bertz CT molecular complexity index is 996. The second-order valence-corrected chi connectivity index (χ2v) is 6.06. The maximum Gasteiger partial charge on any atom is 0.188 e. The summed E-state index contributed by atoms with van der Waals surface area (Å²) < 4.78 is 24.3. The molecule has 1 aromatic heterocycles. The number of ether oxygens (including phenoxy) is 1. The summed E-state index contributed by atoms with van der Waals surface area (Å²) in [6.07, 6.45) is 0. The Kier molecular flexibility index (Phi) is 5.57. The number of methoxy groups -OCH3 is 1. The first kappa shape index (κ1) is 18.7. The molecule has 0 fully saturated rings. The molecule has 3 rings (SSSR count). The lowest BCUT2D eigenvalue weighted by atomic mass is 10.0. The van der Waals surface area contributed by atoms with Crippen LogP contribution in [0, 0.1) is 12.7 Å². The molecule has 1 heterocycles. The molecule has 0 aliphatic rings. The van der Waals surface area contributed by atoms with E-state index in [1.807, 2.05) is 24.3 Å². The van der Waals surface area contributed by atoms with Gasteiger partial charge in [-0.1, -0.05) is 18.2 Å². The zero-order chi connectivity index (χ0) is 19.4. The van der Waals surface area contributed by atoms with Crippen molar-refractivity contribution in [1.82, 2.24) is 0 Å². The predicted molar refractivity (Wildman–Crippen MR) is 101 cm³/mol. The smallest absolute Gasteiger partial charge is 0.188 e. The molecular formula is C21H20FNO4. The lowest BCUT2D eigenvalue weighted by molar-refractivity contribution is 0.239. The van der Waals surface area contributed by atoms with E-state index >= 15 is 0 Å². The Morgan fingerprint density at radius 3 is 2.44 bits per heavy atom. The van der Waals surface area contributed by atoms with E-state index in [2.05, 4.69) is 5.32 Å². The second-order valence-electron chi connectivity index (χ2n) is 6.06. The van der Waals surface area contributed by atoms with Crippen molar-refractivity contribution in [3.63, 3.8) is 0 Å². The molecule has 0 aliphatic carbocycles. The summed E-state index contributed by atoms with van der Waals surface area (Å²) in [5, 5.41) is 12.3. The molecule has 0 aliphatic heterocycles. The standard InChI is InChI=1S/C21H20FNO4/c1-13-19(25)10-17(12-24)27-21(13)11-23-16-6-3-14(4-7-16)15-5-8-20(26-2)18(22)9-15/h3-10,23-24H,11-12H2,1-2H3. The molecule has 0 saturated heterocycles. The summed E-state index contributed by atoms with van der Waals surface area (Å²) in [6.45, 7) is 1.67. The molecule has 0 radical (unpaired) electrons. The van der Waals surface area contributed by atoms with Crippen LogP contribution in [0.4, 0.5) is 10.1 Å². The van der Waals surface area contributed by atoms with Crippen LogP contribution in [0.5, 0.6) is 5.75 Å². The molecule has 0 amide bonds. The van der Waals surface area contributed by atoms with Gasteiger partial charge >= 0.3 is 0 Å². The zero-order valence-corrected chi connectivity index (χ0v) is 15.1. The minimum Gasteiger partial charge on any atom is -0.494 e. The number of halogens is 1. The fraction of sp³-hybridized carbons (Fsp3) is 0.190. The Hall–Kier alpha value is -3.12. The van der Waals surface area contributed by atoms with Crippen LogP contribution in [0.2, 0.25) is 0 Å². The quantitative estimate of drug-likeness (QED) is 0.690. The summed E-state index contributed by atoms with van der Waals surface area (Å²) >= 11 is 0. The van der Waals surface area contributed by atoms with Crippen molar-refractivity contribution in [3.8, 4) is 16.9 Å². The van der Waals surface area contributed by atoms with Gasteiger partial charge in [0, 0.05) is 17.3 Å². The molecule has 5 nitrogen and oxygen atoms in total. The van der Waals surface area contributed by atoms with Crippen LogP contribution < -0.4 is 15.5 Å². The number of rotatable bonds is 6. The van der Waals surface area contributed by atoms with Gasteiger partial charge in [0.25, 0.3) is 0 Å². The summed E-state index contributed by atoms with van der Waals surface area (Å²) in [6, 6.07) is 13.6. The number of nitrogens with one attached hydrogen (secondary N) is 1. The summed E-state index contributed by atoms with van der Waals surface area (Å²) in [5.41, 5.74) is 2.78. The maximum absolute atomic E-state index is 13.9. The molecule has 3 aromatic rings. The molecule has 2 aromatic carbocycles. The van der Waals surface area contributed by atoms with Crippen LogP contribution in [0.3, 0.4) is 0 Å². The molecule has 2 N–H and O–H groups in total. The number of anilines is 1. The van der Waals surface area contributed by atoms with E-state index in [0.717, 1.165) is 16.8 Å². The van der Waals surface area contributed by atoms with Crippen molar-refractivity contribution in [2.75, 3.05) is 12.4 Å². The normalized spacial score (nSPS) is 10.7. The van der Waals surface area contributed by atoms with Gasteiger partial charge in [0.05, 0.1) is 13.7 Å². The van der Waals surface area contributed by atoms with E-state index in [-0.39, 0.29) is 23.5 Å². The Balaban J connectivity index is 1.74. The maximum atomic E-state index is 13.9. The molecule has 0 unspecified atom stereocenters. The SMILES string of the molecule is COc1ccc(-c2ccc(NCc3oc(CO)cc(=O)c3C)cc2)cc1F. The van der Waals surface area contributed by atoms with Gasteiger partial charge in [-0.3, -0.25) is 4.79 Å². The highest BCUT2D eigenvalue weighted by atomic mass is 19.1.